The van der Waals surface area contributed by atoms with E-state index in [0.717, 1.165) is 19.3 Å². The van der Waals surface area contributed by atoms with E-state index in [-0.39, 0.29) is 18.9 Å². The molecule has 0 spiro atoms. The zero-order chi connectivity index (χ0) is 26.2. The molecule has 192 valence electrons. The molecule has 8 nitrogen and oxygen atoms in total. The number of anilines is 2. The van der Waals surface area contributed by atoms with E-state index in [4.69, 9.17) is 21.1 Å². The second-order valence-electron chi connectivity index (χ2n) is 8.49. The number of esters is 2. The number of hydrogen-bond acceptors (Lipinski definition) is 6. The van der Waals surface area contributed by atoms with Crippen molar-refractivity contribution in [1.29, 1.82) is 0 Å². The van der Waals surface area contributed by atoms with E-state index in [2.05, 4.69) is 28.2 Å². The third-order valence-corrected chi connectivity index (χ3v) is 7.19. The molecule has 0 aromatic heterocycles. The number of carbonyl (C=O) groups is 4. The Morgan fingerprint density at radius 1 is 1.11 bits per heavy atom. The maximum atomic E-state index is 12.5. The van der Waals surface area contributed by atoms with Gasteiger partial charge in [0.1, 0.15) is 0 Å². The number of halogens is 2. The average Bonchev–Trinajstić information content (AvgIpc) is 3.27. The molecule has 3 rings (SSSR count). The van der Waals surface area contributed by atoms with Gasteiger partial charge >= 0.3 is 11.9 Å². The molecule has 2 aromatic carbocycles. The van der Waals surface area contributed by atoms with Crippen LogP contribution >= 0.6 is 27.5 Å². The van der Waals surface area contributed by atoms with Crippen molar-refractivity contribution >= 4 is 62.7 Å². The van der Waals surface area contributed by atoms with Gasteiger partial charge in [-0.3, -0.25) is 14.4 Å². The van der Waals surface area contributed by atoms with Gasteiger partial charge in [0.15, 0.2) is 6.61 Å². The second kappa shape index (κ2) is 12.9. The Bertz CT molecular complexity index is 1140. The number of nitrogens with zero attached hydrogens (tertiary/aromatic N) is 1. The monoisotopic (exact) mass is 578 g/mol. The molecule has 1 aliphatic heterocycles. The number of carbonyl (C=O) groups excluding carboxylic acids is 4. The SMILES string of the molecule is CCCCCOC(=O)c1ccc(N2C[C@H](C(=O)OCC(=O)Nc3ccc(Br)c(Cl)c3C)CC2=O)cc1. The first kappa shape index (κ1) is 27.7. The summed E-state index contributed by atoms with van der Waals surface area (Å²) in [5.74, 6) is -2.48. The standard InChI is InChI=1S/C26H28BrClN2O6/c1-3-4-5-12-35-25(33)17-6-8-19(9-7-17)30-14-18(13-23(30)32)26(34)36-15-22(31)29-21-11-10-20(27)24(28)16(21)2/h6-11,18H,3-5,12-15H2,1-2H3,(H,29,31)/t18-/m1/s1. The van der Waals surface area contributed by atoms with Crippen LogP contribution in [0.25, 0.3) is 0 Å². The van der Waals surface area contributed by atoms with Crippen LogP contribution in [0.2, 0.25) is 5.02 Å². The summed E-state index contributed by atoms with van der Waals surface area (Å²) in [6.07, 6.45) is 2.83. The van der Waals surface area contributed by atoms with Gasteiger partial charge in [0.05, 0.1) is 23.1 Å². The predicted octanol–water partition coefficient (Wildman–Crippen LogP) is 5.29. The Labute approximate surface area is 223 Å². The Morgan fingerprint density at radius 3 is 2.53 bits per heavy atom. The van der Waals surface area contributed by atoms with E-state index in [1.54, 1.807) is 43.3 Å². The average molecular weight is 580 g/mol. The summed E-state index contributed by atoms with van der Waals surface area (Å²) >= 11 is 9.49. The topological polar surface area (TPSA) is 102 Å². The molecule has 36 heavy (non-hydrogen) atoms. The van der Waals surface area contributed by atoms with E-state index >= 15 is 0 Å². The first-order valence-electron chi connectivity index (χ1n) is 11.7. The molecular weight excluding hydrogens is 552 g/mol. The largest absolute Gasteiger partial charge is 0.462 e. The van der Waals surface area contributed by atoms with Gasteiger partial charge in [-0.25, -0.2) is 4.79 Å². The number of nitrogens with one attached hydrogen (secondary N) is 1. The lowest BCUT2D eigenvalue weighted by Gasteiger charge is -2.17. The zero-order valence-electron chi connectivity index (χ0n) is 20.1. The highest BCUT2D eigenvalue weighted by atomic mass is 79.9. The van der Waals surface area contributed by atoms with Gasteiger partial charge in [-0.05, 0) is 71.2 Å². The molecule has 1 aliphatic rings. The highest BCUT2D eigenvalue weighted by Crippen LogP contribution is 2.31. The van der Waals surface area contributed by atoms with Crippen LogP contribution in [0.3, 0.4) is 0 Å². The van der Waals surface area contributed by atoms with Crippen molar-refractivity contribution in [3.8, 4) is 0 Å². The summed E-state index contributed by atoms with van der Waals surface area (Å²) < 4.78 is 11.1. The number of benzene rings is 2. The fourth-order valence-electron chi connectivity index (χ4n) is 3.72. The minimum Gasteiger partial charge on any atom is -0.462 e. The van der Waals surface area contributed by atoms with Crippen LogP contribution in [-0.4, -0.2) is 43.5 Å². The molecule has 0 radical (unpaired) electrons. The molecule has 0 saturated carbocycles. The lowest BCUT2D eigenvalue weighted by Crippen LogP contribution is -2.28. The molecule has 1 heterocycles. The predicted molar refractivity (Wildman–Crippen MR) is 140 cm³/mol. The molecule has 2 aromatic rings. The number of ether oxygens (including phenoxy) is 2. The smallest absolute Gasteiger partial charge is 0.338 e. The van der Waals surface area contributed by atoms with Gasteiger partial charge in [0, 0.05) is 28.8 Å². The van der Waals surface area contributed by atoms with Crippen LogP contribution in [0.1, 0.15) is 48.5 Å². The minimum atomic E-state index is -0.697. The van der Waals surface area contributed by atoms with Gasteiger partial charge in [0.2, 0.25) is 5.91 Å². The molecule has 1 N–H and O–H groups in total. The fraction of sp³-hybridized carbons (Fsp3) is 0.385. The molecule has 1 saturated heterocycles. The van der Waals surface area contributed by atoms with E-state index < -0.39 is 30.4 Å². The summed E-state index contributed by atoms with van der Waals surface area (Å²) in [5.41, 5.74) is 2.16. The Morgan fingerprint density at radius 2 is 1.83 bits per heavy atom. The van der Waals surface area contributed by atoms with Crippen LogP contribution in [-0.2, 0) is 23.9 Å². The first-order valence-corrected chi connectivity index (χ1v) is 12.9. The second-order valence-corrected chi connectivity index (χ2v) is 9.72. The molecule has 10 heteroatoms. The number of hydrogen-bond donors (Lipinski definition) is 1. The summed E-state index contributed by atoms with van der Waals surface area (Å²) in [6, 6.07) is 9.88. The van der Waals surface area contributed by atoms with Crippen molar-refractivity contribution in [2.75, 3.05) is 30.0 Å². The van der Waals surface area contributed by atoms with Crippen molar-refractivity contribution in [2.45, 2.75) is 39.5 Å². The Kier molecular flexibility index (Phi) is 9.89. The third-order valence-electron chi connectivity index (χ3n) is 5.81. The van der Waals surface area contributed by atoms with Gasteiger partial charge in [-0.1, -0.05) is 31.4 Å². The van der Waals surface area contributed by atoms with E-state index in [9.17, 15) is 19.2 Å². The van der Waals surface area contributed by atoms with Crippen molar-refractivity contribution in [1.82, 2.24) is 0 Å². The summed E-state index contributed by atoms with van der Waals surface area (Å²) in [7, 11) is 0. The first-order chi connectivity index (χ1) is 17.2. The maximum absolute atomic E-state index is 12.5. The van der Waals surface area contributed by atoms with Crippen molar-refractivity contribution in [3.63, 3.8) is 0 Å². The van der Waals surface area contributed by atoms with Crippen LogP contribution < -0.4 is 10.2 Å². The fourth-order valence-corrected chi connectivity index (χ4v) is 4.32. The van der Waals surface area contributed by atoms with Crippen LogP contribution in [0.15, 0.2) is 40.9 Å². The van der Waals surface area contributed by atoms with E-state index in [1.165, 1.54) is 4.90 Å². The van der Waals surface area contributed by atoms with E-state index in [1.807, 2.05) is 0 Å². The van der Waals surface area contributed by atoms with Gasteiger partial charge in [-0.15, -0.1) is 0 Å². The van der Waals surface area contributed by atoms with Gasteiger partial charge in [-0.2, -0.15) is 0 Å². The van der Waals surface area contributed by atoms with Crippen LogP contribution in [0, 0.1) is 12.8 Å². The zero-order valence-corrected chi connectivity index (χ0v) is 22.5. The van der Waals surface area contributed by atoms with Gasteiger partial charge < -0.3 is 19.7 Å². The lowest BCUT2D eigenvalue weighted by atomic mass is 10.1. The molecular formula is C26H28BrClN2O6. The van der Waals surface area contributed by atoms with Gasteiger partial charge in [0.25, 0.3) is 5.91 Å². The quantitative estimate of drug-likeness (QED) is 0.303. The van der Waals surface area contributed by atoms with Crippen LogP contribution in [0.4, 0.5) is 11.4 Å². The van der Waals surface area contributed by atoms with Crippen LogP contribution in [0.5, 0.6) is 0 Å². The molecule has 0 bridgehead atoms. The normalized spacial score (nSPS) is 15.1. The Balaban J connectivity index is 1.50. The molecule has 0 unspecified atom stereocenters. The molecule has 2 amide bonds. The Hall–Kier alpha value is -2.91. The number of rotatable bonds is 10. The maximum Gasteiger partial charge on any atom is 0.338 e. The number of unbranched alkanes of at least 4 members (excludes halogenated alkanes) is 2. The summed E-state index contributed by atoms with van der Waals surface area (Å²) in [6.45, 7) is 3.85. The highest BCUT2D eigenvalue weighted by Gasteiger charge is 2.36. The van der Waals surface area contributed by atoms with Crippen molar-refractivity contribution < 1.29 is 28.7 Å². The lowest BCUT2D eigenvalue weighted by molar-refractivity contribution is -0.151. The summed E-state index contributed by atoms with van der Waals surface area (Å²) in [4.78, 5) is 50.9. The highest BCUT2D eigenvalue weighted by molar-refractivity contribution is 9.10. The summed E-state index contributed by atoms with van der Waals surface area (Å²) in [5, 5.41) is 3.14. The van der Waals surface area contributed by atoms with E-state index in [0.29, 0.717) is 38.6 Å². The number of amides is 2. The molecule has 1 fully saturated rings. The molecule has 0 aliphatic carbocycles. The molecule has 1 atom stereocenters. The minimum absolute atomic E-state index is 0.0247. The third kappa shape index (κ3) is 7.07. The van der Waals surface area contributed by atoms with Crippen molar-refractivity contribution in [2.24, 2.45) is 5.92 Å². The van der Waals surface area contributed by atoms with Crippen molar-refractivity contribution in [3.05, 3.63) is 57.0 Å².